The van der Waals surface area contributed by atoms with Gasteiger partial charge in [0.15, 0.2) is 0 Å². The number of fused-ring (bicyclic) bond motifs is 1. The van der Waals surface area contributed by atoms with E-state index in [4.69, 9.17) is 0 Å². The third-order valence-corrected chi connectivity index (χ3v) is 5.93. The number of benzene rings is 2. The van der Waals surface area contributed by atoms with Crippen LogP contribution in [-0.4, -0.2) is 58.8 Å². The molecule has 0 unspecified atom stereocenters. The normalized spacial score (nSPS) is 15.9. The molecule has 162 valence electrons. The highest BCUT2D eigenvalue weighted by Gasteiger charge is 2.31. The molecule has 6 heteroatoms. The van der Waals surface area contributed by atoms with Crippen LogP contribution in [0.5, 0.6) is 0 Å². The quantitative estimate of drug-likeness (QED) is 0.646. The molecule has 2 aromatic carbocycles. The van der Waals surface area contributed by atoms with Gasteiger partial charge in [-0.1, -0.05) is 62.4 Å². The lowest BCUT2D eigenvalue weighted by molar-refractivity contribution is -0.136. The molecule has 0 saturated carbocycles. The van der Waals surface area contributed by atoms with Crippen LogP contribution >= 0.6 is 0 Å². The number of carbonyl (C=O) groups is 2. The third-order valence-electron chi connectivity index (χ3n) is 5.93. The number of nitrogens with zero attached hydrogens (tertiary/aromatic N) is 2. The Morgan fingerprint density at radius 3 is 2.32 bits per heavy atom. The summed E-state index contributed by atoms with van der Waals surface area (Å²) in [6, 6.07) is 19.4. The highest BCUT2D eigenvalue weighted by molar-refractivity contribution is 6.00. The van der Waals surface area contributed by atoms with E-state index in [0.29, 0.717) is 18.8 Å². The van der Waals surface area contributed by atoms with E-state index in [-0.39, 0.29) is 17.7 Å². The predicted octanol–water partition coefficient (Wildman–Crippen LogP) is 3.27. The van der Waals surface area contributed by atoms with Crippen LogP contribution in [0.15, 0.2) is 60.7 Å². The minimum atomic E-state index is -0.542. The lowest BCUT2D eigenvalue weighted by Gasteiger charge is -2.37. The van der Waals surface area contributed by atoms with Gasteiger partial charge in [-0.3, -0.25) is 14.5 Å². The summed E-state index contributed by atoms with van der Waals surface area (Å²) in [6.07, 6.45) is 0. The van der Waals surface area contributed by atoms with Crippen LogP contribution < -0.4 is 5.32 Å². The maximum atomic E-state index is 13.2. The topological polar surface area (TPSA) is 68.4 Å². The highest BCUT2D eigenvalue weighted by Crippen LogP contribution is 2.16. The zero-order valence-electron chi connectivity index (χ0n) is 18.2. The number of aromatic amines is 1. The monoisotopic (exact) mass is 418 g/mol. The van der Waals surface area contributed by atoms with Crippen LogP contribution in [-0.2, 0) is 11.3 Å². The second-order valence-electron chi connectivity index (χ2n) is 8.55. The zero-order chi connectivity index (χ0) is 21.8. The van der Waals surface area contributed by atoms with Gasteiger partial charge in [0.2, 0.25) is 5.91 Å². The first-order valence-corrected chi connectivity index (χ1v) is 10.9. The molecular weight excluding hydrogens is 388 g/mol. The van der Waals surface area contributed by atoms with E-state index < -0.39 is 6.04 Å². The number of nitrogens with one attached hydrogen (secondary N) is 2. The number of para-hydroxylation sites is 1. The number of hydrogen-bond acceptors (Lipinski definition) is 3. The molecule has 0 bridgehead atoms. The minimum absolute atomic E-state index is 0.00109. The number of amides is 2. The lowest BCUT2D eigenvalue weighted by atomic mass is 10.0. The van der Waals surface area contributed by atoms with Crippen molar-refractivity contribution in [3.05, 3.63) is 71.9 Å². The fourth-order valence-corrected chi connectivity index (χ4v) is 4.09. The fourth-order valence-electron chi connectivity index (χ4n) is 4.09. The first-order valence-electron chi connectivity index (χ1n) is 10.9. The van der Waals surface area contributed by atoms with Crippen molar-refractivity contribution in [2.24, 2.45) is 5.92 Å². The molecule has 0 radical (unpaired) electrons. The van der Waals surface area contributed by atoms with Crippen LogP contribution in [0.25, 0.3) is 10.9 Å². The Balaban J connectivity index is 1.36. The largest absolute Gasteiger partial charge is 0.351 e. The zero-order valence-corrected chi connectivity index (χ0v) is 18.2. The average Bonchev–Trinajstić information content (AvgIpc) is 3.22. The molecule has 1 fully saturated rings. The smallest absolute Gasteiger partial charge is 0.268 e. The molecule has 3 aromatic rings. The summed E-state index contributed by atoms with van der Waals surface area (Å²) in [5.74, 6) is -0.243. The number of hydrogen-bond donors (Lipinski definition) is 2. The van der Waals surface area contributed by atoms with Gasteiger partial charge < -0.3 is 15.2 Å². The summed E-state index contributed by atoms with van der Waals surface area (Å²) in [5.41, 5.74) is 2.68. The van der Waals surface area contributed by atoms with Crippen LogP contribution in [0.4, 0.5) is 0 Å². The van der Waals surface area contributed by atoms with Gasteiger partial charge >= 0.3 is 0 Å². The van der Waals surface area contributed by atoms with Crippen LogP contribution in [0.2, 0.25) is 0 Å². The molecule has 2 amide bonds. The second kappa shape index (κ2) is 9.35. The Morgan fingerprint density at radius 1 is 0.968 bits per heavy atom. The number of aromatic nitrogens is 1. The molecule has 6 nitrogen and oxygen atoms in total. The first-order chi connectivity index (χ1) is 15.0. The summed E-state index contributed by atoms with van der Waals surface area (Å²) in [5, 5.41) is 3.95. The maximum absolute atomic E-state index is 13.2. The van der Waals surface area contributed by atoms with E-state index in [1.54, 1.807) is 0 Å². The molecule has 1 atom stereocenters. The molecule has 0 aliphatic carbocycles. The maximum Gasteiger partial charge on any atom is 0.268 e. The molecule has 31 heavy (non-hydrogen) atoms. The van der Waals surface area contributed by atoms with E-state index >= 15 is 0 Å². The van der Waals surface area contributed by atoms with Gasteiger partial charge in [0.25, 0.3) is 5.91 Å². The van der Waals surface area contributed by atoms with Gasteiger partial charge in [-0.05, 0) is 23.6 Å². The van der Waals surface area contributed by atoms with Crippen LogP contribution in [0.3, 0.4) is 0 Å². The molecule has 0 spiro atoms. The third kappa shape index (κ3) is 4.97. The highest BCUT2D eigenvalue weighted by atomic mass is 16.2. The standard InChI is InChI=1S/C25H30N4O2/c1-18(2)23(27-24(30)22-16-20-10-6-7-11-21(20)26-22)25(31)29-14-12-28(13-15-29)17-19-8-4-3-5-9-19/h3-11,16,18,23,26H,12-15,17H2,1-2H3,(H,27,30)/t23-/m1/s1. The number of carbonyl (C=O) groups excluding carboxylic acids is 2. The van der Waals surface area contributed by atoms with Crippen molar-refractivity contribution in [2.45, 2.75) is 26.4 Å². The molecule has 2 N–H and O–H groups in total. The van der Waals surface area contributed by atoms with Gasteiger partial charge in [-0.2, -0.15) is 0 Å². The number of piperazine rings is 1. The van der Waals surface area contributed by atoms with Crippen molar-refractivity contribution in [1.29, 1.82) is 0 Å². The van der Waals surface area contributed by atoms with Crippen molar-refractivity contribution >= 4 is 22.7 Å². The van der Waals surface area contributed by atoms with Crippen LogP contribution in [0, 0.1) is 5.92 Å². The van der Waals surface area contributed by atoms with Gasteiger partial charge in [0, 0.05) is 43.6 Å². The summed E-state index contributed by atoms with van der Waals surface area (Å²) in [7, 11) is 0. The van der Waals surface area contributed by atoms with E-state index in [2.05, 4.69) is 39.5 Å². The molecule has 1 aromatic heterocycles. The van der Waals surface area contributed by atoms with Gasteiger partial charge in [-0.15, -0.1) is 0 Å². The lowest BCUT2D eigenvalue weighted by Crippen LogP contribution is -2.56. The first kappa shape index (κ1) is 21.1. The van der Waals surface area contributed by atoms with E-state index in [1.807, 2.05) is 55.1 Å². The molecule has 1 aliphatic heterocycles. The Hall–Kier alpha value is -3.12. The van der Waals surface area contributed by atoms with Crippen molar-refractivity contribution < 1.29 is 9.59 Å². The van der Waals surface area contributed by atoms with Crippen LogP contribution in [0.1, 0.15) is 29.9 Å². The summed E-state index contributed by atoms with van der Waals surface area (Å²) in [4.78, 5) is 33.5. The molecule has 2 heterocycles. The fraction of sp³-hybridized carbons (Fsp3) is 0.360. The molecule has 1 saturated heterocycles. The average molecular weight is 419 g/mol. The molecular formula is C25H30N4O2. The molecule has 1 aliphatic rings. The van der Waals surface area contributed by atoms with E-state index in [1.165, 1.54) is 5.56 Å². The minimum Gasteiger partial charge on any atom is -0.351 e. The van der Waals surface area contributed by atoms with Crippen molar-refractivity contribution in [3.8, 4) is 0 Å². The number of rotatable bonds is 6. The number of H-pyrrole nitrogens is 1. The SMILES string of the molecule is CC(C)[C@@H](NC(=O)c1cc2ccccc2[nH]1)C(=O)N1CCN(Cc2ccccc2)CC1. The van der Waals surface area contributed by atoms with E-state index in [9.17, 15) is 9.59 Å². The Kier molecular flexibility index (Phi) is 6.37. The van der Waals surface area contributed by atoms with Gasteiger partial charge in [-0.25, -0.2) is 0 Å². The summed E-state index contributed by atoms with van der Waals surface area (Å²) in [6.45, 7) is 7.87. The van der Waals surface area contributed by atoms with E-state index in [0.717, 1.165) is 30.5 Å². The van der Waals surface area contributed by atoms with Gasteiger partial charge in [0.05, 0.1) is 0 Å². The Labute approximate surface area is 183 Å². The van der Waals surface area contributed by atoms with Crippen molar-refractivity contribution in [3.63, 3.8) is 0 Å². The molecule has 4 rings (SSSR count). The summed E-state index contributed by atoms with van der Waals surface area (Å²) >= 11 is 0. The van der Waals surface area contributed by atoms with Crippen molar-refractivity contribution in [1.82, 2.24) is 20.1 Å². The second-order valence-corrected chi connectivity index (χ2v) is 8.55. The van der Waals surface area contributed by atoms with Gasteiger partial charge in [0.1, 0.15) is 11.7 Å². The Morgan fingerprint density at radius 2 is 1.65 bits per heavy atom. The summed E-state index contributed by atoms with van der Waals surface area (Å²) < 4.78 is 0. The Bertz CT molecular complexity index is 1000. The van der Waals surface area contributed by atoms with Crippen molar-refractivity contribution in [2.75, 3.05) is 26.2 Å². The predicted molar refractivity (Wildman–Crippen MR) is 123 cm³/mol.